The number of aliphatic imine (C=N–C) groups is 1. The molecule has 0 radical (unpaired) electrons. The molecule has 1 heterocycles. The van der Waals surface area contributed by atoms with Crippen molar-refractivity contribution in [1.29, 1.82) is 0 Å². The van der Waals surface area contributed by atoms with E-state index in [1.807, 2.05) is 73.7 Å². The minimum absolute atomic E-state index is 0.169. The minimum atomic E-state index is -0.575. The Morgan fingerprint density at radius 1 is 1.09 bits per heavy atom. The van der Waals surface area contributed by atoms with Crippen LogP contribution >= 0.6 is 34.4 Å². The van der Waals surface area contributed by atoms with Crippen LogP contribution in [0.4, 0.5) is 11.4 Å². The first-order chi connectivity index (χ1) is 17.0. The predicted octanol–water partition coefficient (Wildman–Crippen LogP) is 5.36. The fourth-order valence-electron chi connectivity index (χ4n) is 3.34. The highest BCUT2D eigenvalue weighted by atomic mass is 127. The molecule has 178 valence electrons. The van der Waals surface area contributed by atoms with Crippen molar-refractivity contribution in [2.75, 3.05) is 18.1 Å². The molecule has 1 saturated heterocycles. The van der Waals surface area contributed by atoms with Gasteiger partial charge in [0.2, 0.25) is 0 Å². The van der Waals surface area contributed by atoms with E-state index in [9.17, 15) is 9.59 Å². The highest BCUT2D eigenvalue weighted by Gasteiger charge is 2.34. The van der Waals surface area contributed by atoms with E-state index in [-0.39, 0.29) is 12.5 Å². The van der Waals surface area contributed by atoms with Crippen LogP contribution in [-0.2, 0) is 9.59 Å². The van der Waals surface area contributed by atoms with Crippen LogP contribution in [0.25, 0.3) is 6.08 Å². The van der Waals surface area contributed by atoms with Gasteiger partial charge in [-0.25, -0.2) is 4.99 Å². The van der Waals surface area contributed by atoms with E-state index in [1.54, 1.807) is 17.0 Å². The molecule has 0 unspecified atom stereocenters. The van der Waals surface area contributed by atoms with Gasteiger partial charge in [-0.3, -0.25) is 14.5 Å². The van der Waals surface area contributed by atoms with Crippen molar-refractivity contribution in [2.45, 2.75) is 6.92 Å². The molecular weight excluding hydrogens is 577 g/mol. The highest BCUT2D eigenvalue weighted by Crippen LogP contribution is 2.39. The number of para-hydroxylation sites is 2. The van der Waals surface area contributed by atoms with E-state index in [0.29, 0.717) is 28.2 Å². The number of benzene rings is 3. The molecule has 2 amide bonds. The van der Waals surface area contributed by atoms with Crippen molar-refractivity contribution in [3.05, 3.63) is 86.8 Å². The molecule has 7 nitrogen and oxygen atoms in total. The fourth-order valence-corrected chi connectivity index (χ4v) is 5.12. The Labute approximate surface area is 221 Å². The van der Waals surface area contributed by atoms with Crippen molar-refractivity contribution >= 4 is 68.8 Å². The third-order valence-electron chi connectivity index (χ3n) is 4.79. The number of anilines is 1. The predicted molar refractivity (Wildman–Crippen MR) is 148 cm³/mol. The van der Waals surface area contributed by atoms with Crippen molar-refractivity contribution in [1.82, 2.24) is 0 Å². The van der Waals surface area contributed by atoms with Crippen molar-refractivity contribution in [3.8, 4) is 11.5 Å². The van der Waals surface area contributed by atoms with Gasteiger partial charge in [0.15, 0.2) is 23.3 Å². The maximum Gasteiger partial charge on any atom is 0.271 e. The lowest BCUT2D eigenvalue weighted by Crippen LogP contribution is -2.28. The third kappa shape index (κ3) is 6.04. The molecule has 35 heavy (non-hydrogen) atoms. The van der Waals surface area contributed by atoms with Gasteiger partial charge in [0.1, 0.15) is 0 Å². The van der Waals surface area contributed by atoms with Gasteiger partial charge in [0.05, 0.1) is 26.5 Å². The first-order valence-corrected chi connectivity index (χ1v) is 12.7. The summed E-state index contributed by atoms with van der Waals surface area (Å²) in [6.45, 7) is 2.01. The second kappa shape index (κ2) is 11.4. The van der Waals surface area contributed by atoms with E-state index >= 15 is 0 Å². The largest absolute Gasteiger partial charge is 0.490 e. The average molecular weight is 599 g/mol. The molecule has 3 aromatic carbocycles. The van der Waals surface area contributed by atoms with Gasteiger partial charge in [-0.15, -0.1) is 0 Å². The van der Waals surface area contributed by atoms with Crippen LogP contribution < -0.4 is 20.1 Å². The van der Waals surface area contributed by atoms with Crippen LogP contribution in [0.3, 0.4) is 0 Å². The van der Waals surface area contributed by atoms with Crippen molar-refractivity contribution in [3.63, 3.8) is 0 Å². The molecule has 1 aliphatic heterocycles. The summed E-state index contributed by atoms with van der Waals surface area (Å²) in [5.41, 5.74) is 7.48. The normalized spacial score (nSPS) is 15.6. The third-order valence-corrected chi connectivity index (χ3v) is 6.56. The summed E-state index contributed by atoms with van der Waals surface area (Å²) in [5.74, 6) is 0.170. The Bertz CT molecular complexity index is 1300. The van der Waals surface area contributed by atoms with Crippen LogP contribution in [0.2, 0.25) is 0 Å². The number of amidine groups is 1. The zero-order valence-electron chi connectivity index (χ0n) is 18.8. The number of ether oxygens (including phenoxy) is 2. The van der Waals surface area contributed by atoms with Crippen molar-refractivity contribution < 1.29 is 19.1 Å². The number of rotatable bonds is 8. The lowest BCUT2D eigenvalue weighted by Gasteiger charge is -2.15. The number of thioether (sulfide) groups is 1. The monoisotopic (exact) mass is 599 g/mol. The molecular formula is C26H22IN3O4S. The molecule has 0 saturated carbocycles. The van der Waals surface area contributed by atoms with Gasteiger partial charge in [0, 0.05) is 0 Å². The van der Waals surface area contributed by atoms with Crippen LogP contribution in [0.5, 0.6) is 11.5 Å². The fraction of sp³-hybridized carbons (Fsp3) is 0.115. The van der Waals surface area contributed by atoms with E-state index < -0.39 is 5.91 Å². The van der Waals surface area contributed by atoms with E-state index in [4.69, 9.17) is 20.2 Å². The smallest absolute Gasteiger partial charge is 0.271 e. The molecule has 9 heteroatoms. The summed E-state index contributed by atoms with van der Waals surface area (Å²) < 4.78 is 12.0. The second-order valence-corrected chi connectivity index (χ2v) is 9.51. The quantitative estimate of drug-likeness (QED) is 0.278. The zero-order valence-corrected chi connectivity index (χ0v) is 21.8. The minimum Gasteiger partial charge on any atom is -0.490 e. The van der Waals surface area contributed by atoms with Crippen LogP contribution in [0.1, 0.15) is 12.5 Å². The number of hydrogen-bond acceptors (Lipinski definition) is 6. The summed E-state index contributed by atoms with van der Waals surface area (Å²) in [4.78, 5) is 31.5. The molecule has 0 aliphatic carbocycles. The summed E-state index contributed by atoms with van der Waals surface area (Å²) in [5, 5.41) is 0.569. The SMILES string of the molecule is CCOc1cc(/C=C2/SC(=Nc3ccccc3)N(c3ccccc3)C2=O)cc(I)c1OCC(N)=O. The van der Waals surface area contributed by atoms with Gasteiger partial charge in [-0.2, -0.15) is 0 Å². The van der Waals surface area contributed by atoms with E-state index in [1.165, 1.54) is 11.8 Å². The maximum absolute atomic E-state index is 13.5. The van der Waals surface area contributed by atoms with E-state index in [2.05, 4.69) is 22.6 Å². The number of primary amides is 1. The molecule has 0 atom stereocenters. The molecule has 0 bridgehead atoms. The first kappa shape index (κ1) is 24.8. The molecule has 2 N–H and O–H groups in total. The average Bonchev–Trinajstić information content (AvgIpc) is 3.14. The molecule has 1 fully saturated rings. The number of carbonyl (C=O) groups excluding carboxylic acids is 2. The number of amides is 2. The number of halogens is 1. The van der Waals surface area contributed by atoms with Gasteiger partial charge >= 0.3 is 0 Å². The summed E-state index contributed by atoms with van der Waals surface area (Å²) in [7, 11) is 0. The summed E-state index contributed by atoms with van der Waals surface area (Å²) >= 11 is 3.42. The molecule has 1 aliphatic rings. The van der Waals surface area contributed by atoms with E-state index in [0.717, 1.165) is 20.5 Å². The standard InChI is InChI=1S/C26H22IN3O4S/c1-2-33-21-14-17(13-20(27)24(21)34-16-23(28)31)15-22-25(32)30(19-11-7-4-8-12-19)26(35-22)29-18-9-5-3-6-10-18/h3-15H,2,16H2,1H3,(H2,28,31)/b22-15+,29-26?. The number of nitrogens with two attached hydrogens (primary N) is 1. The summed E-state index contributed by atoms with van der Waals surface area (Å²) in [6.07, 6.45) is 1.80. The van der Waals surface area contributed by atoms with Gasteiger partial charge < -0.3 is 15.2 Å². The molecule has 3 aromatic rings. The molecule has 0 aromatic heterocycles. The number of carbonyl (C=O) groups is 2. The number of nitrogens with zero attached hydrogens (tertiary/aromatic N) is 2. The van der Waals surface area contributed by atoms with Gasteiger partial charge in [-0.05, 0) is 89.3 Å². The topological polar surface area (TPSA) is 94.2 Å². The Balaban J connectivity index is 1.73. The second-order valence-electron chi connectivity index (χ2n) is 7.33. The first-order valence-electron chi connectivity index (χ1n) is 10.8. The lowest BCUT2D eigenvalue weighted by molar-refractivity contribution is -0.120. The van der Waals surface area contributed by atoms with Crippen LogP contribution in [-0.4, -0.2) is 30.2 Å². The van der Waals surface area contributed by atoms with Crippen LogP contribution in [0.15, 0.2) is 82.7 Å². The van der Waals surface area contributed by atoms with Gasteiger partial charge in [0.25, 0.3) is 11.8 Å². The lowest BCUT2D eigenvalue weighted by atomic mass is 10.1. The highest BCUT2D eigenvalue weighted by molar-refractivity contribution is 14.1. The Hall–Kier alpha value is -3.31. The van der Waals surface area contributed by atoms with Crippen molar-refractivity contribution in [2.24, 2.45) is 10.7 Å². The molecule has 4 rings (SSSR count). The van der Waals surface area contributed by atoms with Crippen LogP contribution in [0, 0.1) is 3.57 Å². The summed E-state index contributed by atoms with van der Waals surface area (Å²) in [6, 6.07) is 22.6. The zero-order chi connectivity index (χ0) is 24.8. The number of hydrogen-bond donors (Lipinski definition) is 1. The Morgan fingerprint density at radius 3 is 2.43 bits per heavy atom. The Morgan fingerprint density at radius 2 is 1.77 bits per heavy atom. The van der Waals surface area contributed by atoms with Gasteiger partial charge in [-0.1, -0.05) is 36.4 Å². The Kier molecular flexibility index (Phi) is 8.09. The maximum atomic E-state index is 13.5. The molecule has 0 spiro atoms.